The van der Waals surface area contributed by atoms with Crippen molar-refractivity contribution in [3.05, 3.63) is 41.4 Å². The van der Waals surface area contributed by atoms with Crippen molar-refractivity contribution in [1.29, 1.82) is 0 Å². The monoisotopic (exact) mass is 236 g/mol. The highest BCUT2D eigenvalue weighted by Crippen LogP contribution is 2.22. The molecule has 2 aromatic rings. The van der Waals surface area contributed by atoms with Crippen LogP contribution in [0.4, 0.5) is 0 Å². The maximum absolute atomic E-state index is 5.82. The minimum atomic E-state index is 0.531. The first-order valence-electron chi connectivity index (χ1n) is 5.42. The molecule has 0 aliphatic carbocycles. The number of aromatic nitrogens is 2. The molecular formula is C13H17ClN2. The summed E-state index contributed by atoms with van der Waals surface area (Å²) in [5, 5.41) is 0.531. The summed E-state index contributed by atoms with van der Waals surface area (Å²) >= 11 is 5.82. The number of halogens is 1. The van der Waals surface area contributed by atoms with Crippen molar-refractivity contribution in [1.82, 2.24) is 9.55 Å². The average molecular weight is 237 g/mol. The van der Waals surface area contributed by atoms with Crippen LogP contribution in [-0.4, -0.2) is 9.55 Å². The highest BCUT2D eigenvalue weighted by atomic mass is 35.5. The summed E-state index contributed by atoms with van der Waals surface area (Å²) in [5.41, 5.74) is 3.51. The van der Waals surface area contributed by atoms with Gasteiger partial charge in [0.1, 0.15) is 5.15 Å². The zero-order valence-corrected chi connectivity index (χ0v) is 10.9. The molecule has 2 rings (SSSR count). The summed E-state index contributed by atoms with van der Waals surface area (Å²) in [6.45, 7) is 6.08. The molecule has 0 aliphatic rings. The van der Waals surface area contributed by atoms with Crippen molar-refractivity contribution in [3.63, 3.8) is 0 Å². The summed E-state index contributed by atoms with van der Waals surface area (Å²) in [5.74, 6) is 0. The first-order chi connectivity index (χ1) is 7.66. The summed E-state index contributed by atoms with van der Waals surface area (Å²) in [6, 6.07) is 5.96. The van der Waals surface area contributed by atoms with E-state index in [-0.39, 0.29) is 0 Å². The molecule has 16 heavy (non-hydrogen) atoms. The number of nitrogens with zero attached hydrogens (tertiary/aromatic N) is 2. The Morgan fingerprint density at radius 1 is 1.19 bits per heavy atom. The van der Waals surface area contributed by atoms with E-state index in [0.717, 1.165) is 5.56 Å². The lowest BCUT2D eigenvalue weighted by atomic mass is 10.1. The van der Waals surface area contributed by atoms with Gasteiger partial charge in [0.05, 0.1) is 0 Å². The second-order valence-corrected chi connectivity index (χ2v) is 3.74. The van der Waals surface area contributed by atoms with Gasteiger partial charge in [0.15, 0.2) is 0 Å². The zero-order valence-electron chi connectivity index (χ0n) is 10.2. The van der Waals surface area contributed by atoms with Crippen molar-refractivity contribution in [2.24, 2.45) is 7.05 Å². The smallest absolute Gasteiger partial charge is 0.129 e. The van der Waals surface area contributed by atoms with E-state index in [0.29, 0.717) is 5.15 Å². The van der Waals surface area contributed by atoms with Crippen LogP contribution >= 0.6 is 11.6 Å². The van der Waals surface area contributed by atoms with Crippen LogP contribution in [0.2, 0.25) is 5.15 Å². The number of pyridine rings is 1. The van der Waals surface area contributed by atoms with Gasteiger partial charge in [-0.15, -0.1) is 0 Å². The Morgan fingerprint density at radius 2 is 1.88 bits per heavy atom. The lowest BCUT2D eigenvalue weighted by Crippen LogP contribution is -1.85. The van der Waals surface area contributed by atoms with Gasteiger partial charge in [-0.05, 0) is 36.2 Å². The Morgan fingerprint density at radius 3 is 2.38 bits per heavy atom. The fraction of sp³-hybridized carbons (Fsp3) is 0.308. The highest BCUT2D eigenvalue weighted by molar-refractivity contribution is 6.29. The van der Waals surface area contributed by atoms with Crippen LogP contribution < -0.4 is 0 Å². The van der Waals surface area contributed by atoms with E-state index in [4.69, 9.17) is 11.6 Å². The Balaban J connectivity index is 0.000000606. The molecule has 0 spiro atoms. The topological polar surface area (TPSA) is 17.8 Å². The largest absolute Gasteiger partial charge is 0.354 e. The molecule has 0 bridgehead atoms. The van der Waals surface area contributed by atoms with Gasteiger partial charge in [-0.3, -0.25) is 0 Å². The van der Waals surface area contributed by atoms with Crippen molar-refractivity contribution in [2.75, 3.05) is 0 Å². The predicted molar refractivity (Wildman–Crippen MR) is 69.7 cm³/mol. The molecule has 0 N–H and O–H groups in total. The number of hydrogen-bond acceptors (Lipinski definition) is 1. The maximum atomic E-state index is 5.82. The Bertz CT molecular complexity index is 441. The van der Waals surface area contributed by atoms with Crippen LogP contribution in [-0.2, 0) is 7.05 Å². The molecule has 0 radical (unpaired) electrons. The molecule has 0 aromatic carbocycles. The van der Waals surface area contributed by atoms with Crippen molar-refractivity contribution >= 4 is 11.6 Å². The molecule has 86 valence electrons. The van der Waals surface area contributed by atoms with E-state index in [1.165, 1.54) is 11.3 Å². The average Bonchev–Trinajstić information content (AvgIpc) is 2.62. The number of aryl methyl sites for hydroxylation is 2. The normalized spacial score (nSPS) is 9.56. The van der Waals surface area contributed by atoms with Gasteiger partial charge < -0.3 is 4.57 Å². The molecule has 0 amide bonds. The quantitative estimate of drug-likeness (QED) is 0.683. The van der Waals surface area contributed by atoms with Crippen LogP contribution in [0, 0.1) is 6.92 Å². The maximum Gasteiger partial charge on any atom is 0.129 e. The second kappa shape index (κ2) is 5.71. The number of rotatable bonds is 1. The van der Waals surface area contributed by atoms with Gasteiger partial charge in [-0.25, -0.2) is 4.98 Å². The van der Waals surface area contributed by atoms with Crippen LogP contribution in [0.1, 0.15) is 19.5 Å². The van der Waals surface area contributed by atoms with E-state index < -0.39 is 0 Å². The van der Waals surface area contributed by atoms with Crippen molar-refractivity contribution in [3.8, 4) is 11.1 Å². The lowest BCUT2D eigenvalue weighted by molar-refractivity contribution is 0.883. The third kappa shape index (κ3) is 2.86. The third-order valence-corrected chi connectivity index (χ3v) is 2.52. The van der Waals surface area contributed by atoms with Gasteiger partial charge in [-0.2, -0.15) is 0 Å². The highest BCUT2D eigenvalue weighted by Gasteiger charge is 2.02. The van der Waals surface area contributed by atoms with Gasteiger partial charge in [0.25, 0.3) is 0 Å². The fourth-order valence-corrected chi connectivity index (χ4v) is 1.59. The Hall–Kier alpha value is -1.28. The fourth-order valence-electron chi connectivity index (χ4n) is 1.41. The predicted octanol–water partition coefficient (Wildman–Crippen LogP) is 4.08. The molecular weight excluding hydrogens is 220 g/mol. The van der Waals surface area contributed by atoms with E-state index >= 15 is 0 Å². The number of hydrogen-bond donors (Lipinski definition) is 0. The first kappa shape index (κ1) is 12.8. The van der Waals surface area contributed by atoms with E-state index in [1.54, 1.807) is 6.20 Å². The molecule has 0 fully saturated rings. The summed E-state index contributed by atoms with van der Waals surface area (Å²) in [4.78, 5) is 3.95. The van der Waals surface area contributed by atoms with E-state index in [1.807, 2.05) is 33.0 Å². The summed E-state index contributed by atoms with van der Waals surface area (Å²) in [6.07, 6.45) is 3.81. The van der Waals surface area contributed by atoms with Crippen molar-refractivity contribution < 1.29 is 0 Å². The summed E-state index contributed by atoms with van der Waals surface area (Å²) in [7, 11) is 2.03. The van der Waals surface area contributed by atoms with Crippen LogP contribution in [0.25, 0.3) is 11.1 Å². The molecule has 2 nitrogen and oxygen atoms in total. The van der Waals surface area contributed by atoms with Crippen molar-refractivity contribution in [2.45, 2.75) is 20.8 Å². The third-order valence-electron chi connectivity index (χ3n) is 2.31. The first-order valence-corrected chi connectivity index (χ1v) is 5.79. The molecule has 0 saturated carbocycles. The standard InChI is InChI=1S/C11H11ClN2.C2H6/c1-8-5-10(7-14(8)2)9-3-4-13-11(12)6-9;1-2/h3-7H,1-2H3;1-2H3. The molecule has 3 heteroatoms. The molecule has 2 aromatic heterocycles. The van der Waals surface area contributed by atoms with Crippen LogP contribution in [0.15, 0.2) is 30.6 Å². The zero-order chi connectivity index (χ0) is 12.1. The second-order valence-electron chi connectivity index (χ2n) is 3.35. The van der Waals surface area contributed by atoms with Crippen LogP contribution in [0.3, 0.4) is 0 Å². The van der Waals surface area contributed by atoms with E-state index in [9.17, 15) is 0 Å². The van der Waals surface area contributed by atoms with Gasteiger partial charge >= 0.3 is 0 Å². The lowest BCUT2D eigenvalue weighted by Gasteiger charge is -1.96. The van der Waals surface area contributed by atoms with Gasteiger partial charge in [-0.1, -0.05) is 25.4 Å². The minimum absolute atomic E-state index is 0.531. The minimum Gasteiger partial charge on any atom is -0.354 e. The molecule has 0 unspecified atom stereocenters. The Kier molecular flexibility index (Phi) is 4.56. The van der Waals surface area contributed by atoms with Gasteiger partial charge in [0, 0.05) is 25.1 Å². The SMILES string of the molecule is CC.Cc1cc(-c2ccnc(Cl)c2)cn1C. The summed E-state index contributed by atoms with van der Waals surface area (Å²) < 4.78 is 2.09. The van der Waals surface area contributed by atoms with E-state index in [2.05, 4.69) is 28.7 Å². The molecule has 0 saturated heterocycles. The Labute approximate surface area is 102 Å². The molecule has 2 heterocycles. The molecule has 0 atom stereocenters. The molecule has 0 aliphatic heterocycles. The van der Waals surface area contributed by atoms with Gasteiger partial charge in [0.2, 0.25) is 0 Å². The van der Waals surface area contributed by atoms with Crippen LogP contribution in [0.5, 0.6) is 0 Å².